The molecule has 1 aromatic carbocycles. The van der Waals surface area contributed by atoms with E-state index in [4.69, 9.17) is 0 Å². The minimum atomic E-state index is -0.180. The summed E-state index contributed by atoms with van der Waals surface area (Å²) in [4.78, 5) is 32.6. The highest BCUT2D eigenvalue weighted by atomic mass is 16.2. The maximum Gasteiger partial charge on any atom is 0.251 e. The fraction of sp³-hybridized carbons (Fsp3) is 0.308. The van der Waals surface area contributed by atoms with E-state index in [1.807, 2.05) is 0 Å². The van der Waals surface area contributed by atoms with Crippen molar-refractivity contribution in [2.45, 2.75) is 13.3 Å². The molecule has 1 rings (SSSR count). The first kappa shape index (κ1) is 14.7. The van der Waals surface area contributed by atoms with E-state index >= 15 is 0 Å². The van der Waals surface area contributed by atoms with Gasteiger partial charge in [-0.15, -0.1) is 0 Å². The van der Waals surface area contributed by atoms with Gasteiger partial charge in [-0.1, -0.05) is 0 Å². The Kier molecular flexibility index (Phi) is 6.08. The zero-order chi connectivity index (χ0) is 14.1. The van der Waals surface area contributed by atoms with Crippen LogP contribution in [0.3, 0.4) is 0 Å². The summed E-state index contributed by atoms with van der Waals surface area (Å²) < 4.78 is 0. The lowest BCUT2D eigenvalue weighted by Crippen LogP contribution is -2.27. The molecule has 0 unspecified atom stereocenters. The smallest absolute Gasteiger partial charge is 0.251 e. The van der Waals surface area contributed by atoms with Crippen molar-refractivity contribution in [2.75, 3.05) is 18.4 Å². The molecule has 0 spiro atoms. The molecule has 0 aliphatic heterocycles. The topological polar surface area (TPSA) is 87.3 Å². The zero-order valence-corrected chi connectivity index (χ0v) is 10.7. The van der Waals surface area contributed by atoms with E-state index in [-0.39, 0.29) is 11.8 Å². The van der Waals surface area contributed by atoms with Crippen LogP contribution in [-0.4, -0.2) is 31.3 Å². The Morgan fingerprint density at radius 3 is 2.42 bits per heavy atom. The first-order valence-corrected chi connectivity index (χ1v) is 5.96. The Labute approximate surface area is 111 Å². The number of carbonyl (C=O) groups is 3. The average Bonchev–Trinajstić information content (AvgIpc) is 2.38. The second kappa shape index (κ2) is 7.86. The quantitative estimate of drug-likeness (QED) is 0.495. The van der Waals surface area contributed by atoms with Gasteiger partial charge < -0.3 is 16.0 Å². The SMILES string of the molecule is CC(=O)Nc1ccc(C(=O)NCCCNC=O)cc1. The van der Waals surface area contributed by atoms with Crippen molar-refractivity contribution in [1.29, 1.82) is 0 Å². The fourth-order valence-electron chi connectivity index (χ4n) is 1.46. The second-order valence-corrected chi connectivity index (χ2v) is 3.94. The van der Waals surface area contributed by atoms with Crippen molar-refractivity contribution in [1.82, 2.24) is 10.6 Å². The number of benzene rings is 1. The number of rotatable bonds is 7. The molecule has 3 amide bonds. The number of hydrogen-bond acceptors (Lipinski definition) is 3. The van der Waals surface area contributed by atoms with Gasteiger partial charge >= 0.3 is 0 Å². The molecule has 0 fully saturated rings. The van der Waals surface area contributed by atoms with Gasteiger partial charge in [-0.3, -0.25) is 14.4 Å². The molecule has 3 N–H and O–H groups in total. The summed E-state index contributed by atoms with van der Waals surface area (Å²) in [7, 11) is 0. The van der Waals surface area contributed by atoms with Gasteiger partial charge in [0, 0.05) is 31.3 Å². The maximum atomic E-state index is 11.7. The van der Waals surface area contributed by atoms with E-state index in [1.165, 1.54) is 6.92 Å². The highest BCUT2D eigenvalue weighted by Gasteiger charge is 2.04. The van der Waals surface area contributed by atoms with Crippen molar-refractivity contribution in [2.24, 2.45) is 0 Å². The monoisotopic (exact) mass is 263 g/mol. The third-order valence-electron chi connectivity index (χ3n) is 2.33. The lowest BCUT2D eigenvalue weighted by Gasteiger charge is -2.06. The molecular formula is C13H17N3O3. The zero-order valence-electron chi connectivity index (χ0n) is 10.7. The number of hydrogen-bond donors (Lipinski definition) is 3. The van der Waals surface area contributed by atoms with E-state index in [2.05, 4.69) is 16.0 Å². The van der Waals surface area contributed by atoms with Crippen molar-refractivity contribution in [3.8, 4) is 0 Å². The van der Waals surface area contributed by atoms with E-state index in [0.717, 1.165) is 0 Å². The van der Waals surface area contributed by atoms with Gasteiger partial charge in [-0.2, -0.15) is 0 Å². The number of nitrogens with one attached hydrogen (secondary N) is 3. The molecule has 0 atom stereocenters. The third-order valence-corrected chi connectivity index (χ3v) is 2.33. The molecule has 6 heteroatoms. The van der Waals surface area contributed by atoms with Crippen LogP contribution in [0.4, 0.5) is 5.69 Å². The van der Waals surface area contributed by atoms with Crippen LogP contribution >= 0.6 is 0 Å². The minimum absolute atomic E-state index is 0.153. The van der Waals surface area contributed by atoms with Crippen molar-refractivity contribution in [3.63, 3.8) is 0 Å². The summed E-state index contributed by atoms with van der Waals surface area (Å²) >= 11 is 0. The maximum absolute atomic E-state index is 11.7. The van der Waals surface area contributed by atoms with Gasteiger partial charge in [0.05, 0.1) is 0 Å². The number of anilines is 1. The Morgan fingerprint density at radius 2 is 1.84 bits per heavy atom. The molecule has 1 aromatic rings. The van der Waals surface area contributed by atoms with Crippen molar-refractivity contribution in [3.05, 3.63) is 29.8 Å². The van der Waals surface area contributed by atoms with Gasteiger partial charge in [0.15, 0.2) is 0 Å². The van der Waals surface area contributed by atoms with E-state index < -0.39 is 0 Å². The predicted molar refractivity (Wildman–Crippen MR) is 71.8 cm³/mol. The Bertz CT molecular complexity index is 443. The summed E-state index contributed by atoms with van der Waals surface area (Å²) in [6.07, 6.45) is 1.30. The Morgan fingerprint density at radius 1 is 1.16 bits per heavy atom. The summed E-state index contributed by atoms with van der Waals surface area (Å²) in [5.41, 5.74) is 1.18. The van der Waals surface area contributed by atoms with E-state index in [9.17, 15) is 14.4 Å². The van der Waals surface area contributed by atoms with Gasteiger partial charge in [0.2, 0.25) is 12.3 Å². The van der Waals surface area contributed by atoms with Crippen LogP contribution in [0.1, 0.15) is 23.7 Å². The van der Waals surface area contributed by atoms with E-state index in [0.29, 0.717) is 37.2 Å². The molecule has 0 aromatic heterocycles. The van der Waals surface area contributed by atoms with Crippen molar-refractivity contribution < 1.29 is 14.4 Å². The minimum Gasteiger partial charge on any atom is -0.359 e. The summed E-state index contributed by atoms with van der Waals surface area (Å²) in [6, 6.07) is 6.63. The van der Waals surface area contributed by atoms with Crippen LogP contribution in [0.5, 0.6) is 0 Å². The van der Waals surface area contributed by atoms with Crippen LogP contribution in [-0.2, 0) is 9.59 Å². The number of amides is 3. The lowest BCUT2D eigenvalue weighted by atomic mass is 10.2. The fourth-order valence-corrected chi connectivity index (χ4v) is 1.46. The van der Waals surface area contributed by atoms with Crippen LogP contribution in [0.2, 0.25) is 0 Å². The normalized spacial score (nSPS) is 9.53. The van der Waals surface area contributed by atoms with Crippen LogP contribution in [0.25, 0.3) is 0 Å². The highest BCUT2D eigenvalue weighted by Crippen LogP contribution is 2.09. The molecule has 102 valence electrons. The molecule has 0 saturated carbocycles. The average molecular weight is 263 g/mol. The second-order valence-electron chi connectivity index (χ2n) is 3.94. The Hall–Kier alpha value is -2.37. The first-order valence-electron chi connectivity index (χ1n) is 5.96. The summed E-state index contributed by atoms with van der Waals surface area (Å²) in [6.45, 7) is 2.45. The van der Waals surface area contributed by atoms with E-state index in [1.54, 1.807) is 24.3 Å². The van der Waals surface area contributed by atoms with Crippen LogP contribution in [0.15, 0.2) is 24.3 Å². The molecule has 19 heavy (non-hydrogen) atoms. The van der Waals surface area contributed by atoms with Gasteiger partial charge in [-0.25, -0.2) is 0 Å². The highest BCUT2D eigenvalue weighted by molar-refractivity contribution is 5.95. The lowest BCUT2D eigenvalue weighted by molar-refractivity contribution is -0.114. The molecular weight excluding hydrogens is 246 g/mol. The molecule has 0 radical (unpaired) electrons. The molecule has 6 nitrogen and oxygen atoms in total. The predicted octanol–water partition coefficient (Wildman–Crippen LogP) is 0.511. The van der Waals surface area contributed by atoms with Crippen molar-refractivity contribution >= 4 is 23.9 Å². The van der Waals surface area contributed by atoms with Gasteiger partial charge in [0.1, 0.15) is 0 Å². The largest absolute Gasteiger partial charge is 0.359 e. The summed E-state index contributed by atoms with van der Waals surface area (Å²) in [5.74, 6) is -0.333. The van der Waals surface area contributed by atoms with Crippen LogP contribution < -0.4 is 16.0 Å². The molecule has 0 saturated heterocycles. The third kappa shape index (κ3) is 5.67. The number of carbonyl (C=O) groups excluding carboxylic acids is 3. The first-order chi connectivity index (χ1) is 9.13. The molecule has 0 aliphatic carbocycles. The summed E-state index contributed by atoms with van der Waals surface area (Å²) in [5, 5.41) is 7.88. The molecule has 0 heterocycles. The molecule has 0 bridgehead atoms. The standard InChI is InChI=1S/C13H17N3O3/c1-10(18)16-12-5-3-11(4-6-12)13(19)15-8-2-7-14-9-17/h3-6,9H,2,7-8H2,1H3,(H,14,17)(H,15,19)(H,16,18). The molecule has 0 aliphatic rings. The van der Waals surface area contributed by atoms with Gasteiger partial charge in [-0.05, 0) is 30.7 Å². The Balaban J connectivity index is 2.40. The van der Waals surface area contributed by atoms with Gasteiger partial charge in [0.25, 0.3) is 5.91 Å². The van der Waals surface area contributed by atoms with Crippen LogP contribution in [0, 0.1) is 0 Å².